The van der Waals surface area contributed by atoms with Crippen LogP contribution >= 0.6 is 0 Å². The SMILES string of the molecule is O=[N+]([O-])c1ccccc1/C=C/c1ccc(/C=C/c2ccccc2[N+](=O)[O-])nn1. The second-order valence-corrected chi connectivity index (χ2v) is 5.68. The molecule has 0 aliphatic carbocycles. The largest absolute Gasteiger partial charge is 0.276 e. The van der Waals surface area contributed by atoms with Crippen LogP contribution in [0, 0.1) is 20.2 Å². The topological polar surface area (TPSA) is 112 Å². The Balaban J connectivity index is 1.76. The zero-order valence-corrected chi connectivity index (χ0v) is 14.5. The van der Waals surface area contributed by atoms with Gasteiger partial charge in [0.15, 0.2) is 0 Å². The summed E-state index contributed by atoms with van der Waals surface area (Å²) >= 11 is 0. The molecule has 8 nitrogen and oxygen atoms in total. The van der Waals surface area contributed by atoms with Crippen LogP contribution in [0.2, 0.25) is 0 Å². The zero-order chi connectivity index (χ0) is 19.9. The Hall–Kier alpha value is -4.20. The molecule has 138 valence electrons. The minimum atomic E-state index is -0.442. The van der Waals surface area contributed by atoms with Gasteiger partial charge in [-0.05, 0) is 48.6 Å². The van der Waals surface area contributed by atoms with E-state index in [9.17, 15) is 20.2 Å². The number of aromatic nitrogens is 2. The van der Waals surface area contributed by atoms with E-state index < -0.39 is 9.85 Å². The lowest BCUT2D eigenvalue weighted by Crippen LogP contribution is -1.92. The number of nitrogens with zero attached hydrogens (tertiary/aromatic N) is 4. The molecule has 0 amide bonds. The monoisotopic (exact) mass is 374 g/mol. The fourth-order valence-corrected chi connectivity index (χ4v) is 2.47. The van der Waals surface area contributed by atoms with Crippen molar-refractivity contribution in [2.45, 2.75) is 0 Å². The maximum atomic E-state index is 11.0. The number of para-hydroxylation sites is 2. The highest BCUT2D eigenvalue weighted by molar-refractivity contribution is 5.74. The Labute approximate surface area is 159 Å². The Morgan fingerprint density at radius 3 is 1.36 bits per heavy atom. The van der Waals surface area contributed by atoms with Crippen LogP contribution in [0.3, 0.4) is 0 Å². The molecule has 0 bridgehead atoms. The molecule has 0 saturated heterocycles. The van der Waals surface area contributed by atoms with E-state index in [4.69, 9.17) is 0 Å². The second-order valence-electron chi connectivity index (χ2n) is 5.68. The first-order valence-corrected chi connectivity index (χ1v) is 8.21. The number of nitro benzene ring substituents is 2. The molecule has 3 rings (SSSR count). The summed E-state index contributed by atoms with van der Waals surface area (Å²) in [6.07, 6.45) is 6.46. The fourth-order valence-electron chi connectivity index (χ4n) is 2.47. The first-order chi connectivity index (χ1) is 13.5. The molecule has 0 aliphatic heterocycles. The maximum Gasteiger partial charge on any atom is 0.276 e. The molecule has 0 spiro atoms. The van der Waals surface area contributed by atoms with Crippen molar-refractivity contribution in [1.29, 1.82) is 0 Å². The van der Waals surface area contributed by atoms with Gasteiger partial charge in [-0.3, -0.25) is 20.2 Å². The number of hydrogen-bond donors (Lipinski definition) is 0. The molecular weight excluding hydrogens is 360 g/mol. The van der Waals surface area contributed by atoms with Gasteiger partial charge in [0, 0.05) is 12.1 Å². The van der Waals surface area contributed by atoms with Gasteiger partial charge in [0.05, 0.1) is 32.4 Å². The molecule has 0 radical (unpaired) electrons. The molecule has 0 N–H and O–H groups in total. The minimum absolute atomic E-state index is 0.00992. The summed E-state index contributed by atoms with van der Waals surface area (Å²) in [4.78, 5) is 21.2. The Kier molecular flexibility index (Phi) is 5.61. The van der Waals surface area contributed by atoms with E-state index in [2.05, 4.69) is 10.2 Å². The minimum Gasteiger partial charge on any atom is -0.258 e. The molecule has 0 fully saturated rings. The highest BCUT2D eigenvalue weighted by Gasteiger charge is 2.10. The predicted octanol–water partition coefficient (Wildman–Crippen LogP) is 4.63. The van der Waals surface area contributed by atoms with Crippen LogP contribution in [-0.2, 0) is 0 Å². The van der Waals surface area contributed by atoms with E-state index in [1.807, 2.05) is 0 Å². The van der Waals surface area contributed by atoms with Crippen LogP contribution in [0.1, 0.15) is 22.5 Å². The van der Waals surface area contributed by atoms with Crippen molar-refractivity contribution in [3.05, 3.63) is 103 Å². The molecule has 8 heteroatoms. The predicted molar refractivity (Wildman–Crippen MR) is 106 cm³/mol. The van der Waals surface area contributed by atoms with Gasteiger partial charge in [-0.2, -0.15) is 10.2 Å². The molecule has 2 aromatic carbocycles. The van der Waals surface area contributed by atoms with Gasteiger partial charge in [0.1, 0.15) is 0 Å². The second kappa shape index (κ2) is 8.45. The third-order valence-electron chi connectivity index (χ3n) is 3.84. The van der Waals surface area contributed by atoms with Crippen molar-refractivity contribution in [1.82, 2.24) is 10.2 Å². The number of hydrogen-bond acceptors (Lipinski definition) is 6. The van der Waals surface area contributed by atoms with Crippen molar-refractivity contribution >= 4 is 35.7 Å². The highest BCUT2D eigenvalue weighted by atomic mass is 16.6. The van der Waals surface area contributed by atoms with Crippen molar-refractivity contribution in [3.8, 4) is 0 Å². The lowest BCUT2D eigenvalue weighted by Gasteiger charge is -1.98. The van der Waals surface area contributed by atoms with Crippen LogP contribution in [-0.4, -0.2) is 20.0 Å². The maximum absolute atomic E-state index is 11.0. The van der Waals surface area contributed by atoms with Gasteiger partial charge in [-0.25, -0.2) is 0 Å². The van der Waals surface area contributed by atoms with Gasteiger partial charge in [-0.1, -0.05) is 24.3 Å². The van der Waals surface area contributed by atoms with Gasteiger partial charge < -0.3 is 0 Å². The first-order valence-electron chi connectivity index (χ1n) is 8.21. The van der Waals surface area contributed by atoms with E-state index in [0.29, 0.717) is 22.5 Å². The van der Waals surface area contributed by atoms with Crippen molar-refractivity contribution in [2.75, 3.05) is 0 Å². The molecule has 0 unspecified atom stereocenters. The molecule has 1 heterocycles. The highest BCUT2D eigenvalue weighted by Crippen LogP contribution is 2.21. The Morgan fingerprint density at radius 2 is 1.00 bits per heavy atom. The van der Waals surface area contributed by atoms with Crippen LogP contribution in [0.15, 0.2) is 60.7 Å². The molecule has 0 saturated carbocycles. The van der Waals surface area contributed by atoms with Crippen LogP contribution < -0.4 is 0 Å². The number of benzene rings is 2. The van der Waals surface area contributed by atoms with E-state index in [-0.39, 0.29) is 11.4 Å². The summed E-state index contributed by atoms with van der Waals surface area (Å²) in [6.45, 7) is 0. The summed E-state index contributed by atoms with van der Waals surface area (Å²) in [5.74, 6) is 0. The van der Waals surface area contributed by atoms with Crippen LogP contribution in [0.25, 0.3) is 24.3 Å². The van der Waals surface area contributed by atoms with E-state index in [0.717, 1.165) is 0 Å². The van der Waals surface area contributed by atoms with Gasteiger partial charge in [0.2, 0.25) is 0 Å². The molecule has 28 heavy (non-hydrogen) atoms. The summed E-state index contributed by atoms with van der Waals surface area (Å²) < 4.78 is 0. The van der Waals surface area contributed by atoms with Gasteiger partial charge in [-0.15, -0.1) is 0 Å². The summed E-state index contributed by atoms with van der Waals surface area (Å²) in [6, 6.07) is 16.2. The third-order valence-corrected chi connectivity index (χ3v) is 3.84. The van der Waals surface area contributed by atoms with Gasteiger partial charge in [0.25, 0.3) is 11.4 Å². The average molecular weight is 374 g/mol. The van der Waals surface area contributed by atoms with Crippen molar-refractivity contribution < 1.29 is 9.85 Å². The average Bonchev–Trinajstić information content (AvgIpc) is 2.71. The molecule has 0 aliphatic rings. The molecule has 0 atom stereocenters. The van der Waals surface area contributed by atoms with E-state index >= 15 is 0 Å². The smallest absolute Gasteiger partial charge is 0.258 e. The van der Waals surface area contributed by atoms with E-state index in [1.165, 1.54) is 12.1 Å². The van der Waals surface area contributed by atoms with E-state index in [1.54, 1.807) is 72.8 Å². The molecule has 1 aromatic heterocycles. The Morgan fingerprint density at radius 1 is 0.607 bits per heavy atom. The zero-order valence-electron chi connectivity index (χ0n) is 14.5. The van der Waals surface area contributed by atoms with Crippen molar-refractivity contribution in [2.24, 2.45) is 0 Å². The van der Waals surface area contributed by atoms with Gasteiger partial charge >= 0.3 is 0 Å². The van der Waals surface area contributed by atoms with Crippen LogP contribution in [0.4, 0.5) is 11.4 Å². The summed E-state index contributed by atoms with van der Waals surface area (Å²) in [5.41, 5.74) is 2.01. The normalized spacial score (nSPS) is 11.1. The molecular formula is C20H14N4O4. The Bertz CT molecular complexity index is 989. The third kappa shape index (κ3) is 4.50. The number of nitro groups is 2. The molecule has 3 aromatic rings. The first kappa shape index (κ1) is 18.6. The lowest BCUT2D eigenvalue weighted by molar-refractivity contribution is -0.385. The standard InChI is InChI=1S/C20H14N4O4/c25-23(26)19-7-3-1-5-15(19)9-11-17-13-14-18(22-21-17)12-10-16-6-2-4-8-20(16)24(27)28/h1-14H/b11-9+,12-10+. The van der Waals surface area contributed by atoms with Crippen molar-refractivity contribution in [3.63, 3.8) is 0 Å². The lowest BCUT2D eigenvalue weighted by atomic mass is 10.1. The van der Waals surface area contributed by atoms with Crippen LogP contribution in [0.5, 0.6) is 0 Å². The fraction of sp³-hybridized carbons (Fsp3) is 0. The number of rotatable bonds is 6. The quantitative estimate of drug-likeness (QED) is 0.459. The summed E-state index contributed by atoms with van der Waals surface area (Å²) in [7, 11) is 0. The summed E-state index contributed by atoms with van der Waals surface area (Å²) in [5, 5.41) is 30.1.